The number of nitrogens with one attached hydrogen (secondary N) is 1. The second-order valence-corrected chi connectivity index (χ2v) is 4.05. The lowest BCUT2D eigenvalue weighted by Gasteiger charge is -2.20. The van der Waals surface area contributed by atoms with Crippen LogP contribution in [0.5, 0.6) is 0 Å². The Morgan fingerprint density at radius 2 is 2.29 bits per heavy atom. The van der Waals surface area contributed by atoms with Crippen LogP contribution >= 0.6 is 24.0 Å². The topological polar surface area (TPSA) is 40.5 Å². The molecule has 2 heterocycles. The van der Waals surface area contributed by atoms with Crippen LogP contribution in [-0.2, 0) is 6.54 Å². The Labute approximate surface area is 120 Å². The second-order valence-electron chi connectivity index (χ2n) is 4.05. The summed E-state index contributed by atoms with van der Waals surface area (Å²) in [7, 11) is 2.08. The lowest BCUT2D eigenvalue weighted by molar-refractivity contribution is 0.478. The van der Waals surface area contributed by atoms with Gasteiger partial charge in [-0.1, -0.05) is 6.07 Å². The second kappa shape index (κ2) is 7.47. The average molecular weight is 346 g/mol. The molecule has 0 amide bonds. The smallest absolute Gasteiger partial charge is 0.193 e. The van der Waals surface area contributed by atoms with E-state index in [9.17, 15) is 0 Å². The Bertz CT molecular complexity index is 353. The van der Waals surface area contributed by atoms with Gasteiger partial charge >= 0.3 is 0 Å². The number of rotatable bonds is 2. The van der Waals surface area contributed by atoms with E-state index in [0.29, 0.717) is 0 Å². The number of pyridine rings is 1. The van der Waals surface area contributed by atoms with Crippen LogP contribution < -0.4 is 5.32 Å². The molecule has 17 heavy (non-hydrogen) atoms. The molecule has 0 unspecified atom stereocenters. The summed E-state index contributed by atoms with van der Waals surface area (Å²) in [5, 5.41) is 3.36. The number of aliphatic imine (C=N–C) groups is 1. The fraction of sp³-hybridized carbons (Fsp3) is 0.500. The van der Waals surface area contributed by atoms with E-state index in [1.807, 2.05) is 12.3 Å². The van der Waals surface area contributed by atoms with Gasteiger partial charge < -0.3 is 10.2 Å². The van der Waals surface area contributed by atoms with Crippen LogP contribution in [0.2, 0.25) is 0 Å². The molecule has 0 aliphatic carbocycles. The Morgan fingerprint density at radius 1 is 1.41 bits per heavy atom. The summed E-state index contributed by atoms with van der Waals surface area (Å²) in [6, 6.07) is 4.02. The standard InChI is InChI=1S/C12H18N4.HI/c1-16-8-3-2-7-14-12(16)15-10-11-5-4-6-13-9-11;/h4-6,9H,2-3,7-8,10H2,1H3,(H,14,15);1H. The van der Waals surface area contributed by atoms with E-state index < -0.39 is 0 Å². The monoisotopic (exact) mass is 346 g/mol. The highest BCUT2D eigenvalue weighted by Gasteiger charge is 2.08. The molecule has 0 spiro atoms. The third kappa shape index (κ3) is 4.49. The maximum atomic E-state index is 4.53. The molecule has 1 aliphatic rings. The van der Waals surface area contributed by atoms with Gasteiger partial charge in [-0.25, -0.2) is 0 Å². The zero-order chi connectivity index (χ0) is 11.2. The summed E-state index contributed by atoms with van der Waals surface area (Å²) in [5.74, 6) is 1.00. The summed E-state index contributed by atoms with van der Waals surface area (Å²) < 4.78 is 0. The lowest BCUT2D eigenvalue weighted by atomic mass is 10.3. The molecule has 94 valence electrons. The van der Waals surface area contributed by atoms with Crippen molar-refractivity contribution in [2.45, 2.75) is 19.4 Å². The number of aromatic nitrogens is 1. The Hall–Kier alpha value is -0.850. The highest BCUT2D eigenvalue weighted by atomic mass is 127. The molecule has 1 aromatic rings. The SMILES string of the molecule is CN1CCCCN=C1NCc1cccnc1.I. The third-order valence-electron chi connectivity index (χ3n) is 2.70. The predicted octanol–water partition coefficient (Wildman–Crippen LogP) is 1.87. The summed E-state index contributed by atoms with van der Waals surface area (Å²) in [6.45, 7) is 2.80. The van der Waals surface area contributed by atoms with Crippen molar-refractivity contribution in [3.05, 3.63) is 30.1 Å². The average Bonchev–Trinajstić information content (AvgIpc) is 2.53. The molecule has 0 radical (unpaired) electrons. The number of guanidine groups is 1. The molecule has 0 fully saturated rings. The molecular formula is C12H19IN4. The number of nitrogens with zero attached hydrogens (tertiary/aromatic N) is 3. The van der Waals surface area contributed by atoms with E-state index in [0.717, 1.165) is 25.6 Å². The van der Waals surface area contributed by atoms with Crippen LogP contribution in [0.15, 0.2) is 29.5 Å². The largest absolute Gasteiger partial charge is 0.352 e. The van der Waals surface area contributed by atoms with Gasteiger partial charge in [-0.2, -0.15) is 0 Å². The van der Waals surface area contributed by atoms with Gasteiger partial charge in [-0.3, -0.25) is 9.98 Å². The van der Waals surface area contributed by atoms with Crippen LogP contribution in [-0.4, -0.2) is 36.0 Å². The van der Waals surface area contributed by atoms with Gasteiger partial charge in [0.05, 0.1) is 0 Å². The quantitative estimate of drug-likeness (QED) is 0.832. The first kappa shape index (κ1) is 14.2. The van der Waals surface area contributed by atoms with Crippen LogP contribution in [0.1, 0.15) is 18.4 Å². The number of hydrogen-bond donors (Lipinski definition) is 1. The summed E-state index contributed by atoms with van der Waals surface area (Å²) in [5.41, 5.74) is 1.18. The van der Waals surface area contributed by atoms with Crippen LogP contribution in [0, 0.1) is 0 Å². The number of hydrogen-bond acceptors (Lipinski definition) is 4. The van der Waals surface area contributed by atoms with Gasteiger partial charge in [0.25, 0.3) is 0 Å². The summed E-state index contributed by atoms with van der Waals surface area (Å²) >= 11 is 0. The third-order valence-corrected chi connectivity index (χ3v) is 2.70. The van der Waals surface area contributed by atoms with Gasteiger partial charge in [-0.15, -0.1) is 24.0 Å². The molecule has 0 saturated carbocycles. The number of halogens is 1. The van der Waals surface area contributed by atoms with Crippen molar-refractivity contribution in [1.82, 2.24) is 15.2 Å². The Morgan fingerprint density at radius 3 is 3.06 bits per heavy atom. The maximum Gasteiger partial charge on any atom is 0.193 e. The van der Waals surface area contributed by atoms with Crippen LogP contribution in [0.4, 0.5) is 0 Å². The zero-order valence-corrected chi connectivity index (χ0v) is 12.4. The lowest BCUT2D eigenvalue weighted by Crippen LogP contribution is -2.38. The van der Waals surface area contributed by atoms with Crippen molar-refractivity contribution >= 4 is 29.9 Å². The van der Waals surface area contributed by atoms with Gasteiger partial charge in [0.2, 0.25) is 0 Å². The molecular weight excluding hydrogens is 327 g/mol. The van der Waals surface area contributed by atoms with E-state index in [2.05, 4.69) is 33.3 Å². The fourth-order valence-electron chi connectivity index (χ4n) is 1.75. The van der Waals surface area contributed by atoms with Crippen molar-refractivity contribution in [2.75, 3.05) is 20.1 Å². The first-order valence-electron chi connectivity index (χ1n) is 5.74. The molecule has 1 aliphatic heterocycles. The van der Waals surface area contributed by atoms with Gasteiger partial charge in [0.15, 0.2) is 5.96 Å². The Kier molecular flexibility index (Phi) is 6.25. The van der Waals surface area contributed by atoms with E-state index in [1.54, 1.807) is 6.20 Å². The molecule has 4 nitrogen and oxygen atoms in total. The minimum Gasteiger partial charge on any atom is -0.352 e. The fourth-order valence-corrected chi connectivity index (χ4v) is 1.75. The van der Waals surface area contributed by atoms with E-state index in [-0.39, 0.29) is 24.0 Å². The minimum absolute atomic E-state index is 0. The predicted molar refractivity (Wildman–Crippen MR) is 80.7 cm³/mol. The summed E-state index contributed by atoms with van der Waals surface area (Å²) in [4.78, 5) is 10.8. The van der Waals surface area contributed by atoms with Crippen molar-refractivity contribution in [1.29, 1.82) is 0 Å². The Balaban J connectivity index is 0.00000144. The van der Waals surface area contributed by atoms with Crippen molar-refractivity contribution < 1.29 is 0 Å². The highest BCUT2D eigenvalue weighted by molar-refractivity contribution is 14.0. The van der Waals surface area contributed by atoms with Crippen molar-refractivity contribution in [3.8, 4) is 0 Å². The molecule has 5 heteroatoms. The molecule has 0 aromatic carbocycles. The van der Waals surface area contributed by atoms with Crippen LogP contribution in [0.3, 0.4) is 0 Å². The normalized spacial score (nSPS) is 15.6. The first-order chi connectivity index (χ1) is 7.86. The van der Waals surface area contributed by atoms with E-state index >= 15 is 0 Å². The van der Waals surface area contributed by atoms with Gasteiger partial charge in [0.1, 0.15) is 0 Å². The molecule has 1 aromatic heterocycles. The van der Waals surface area contributed by atoms with Crippen molar-refractivity contribution in [2.24, 2.45) is 4.99 Å². The zero-order valence-electron chi connectivity index (χ0n) is 10.1. The molecule has 1 N–H and O–H groups in total. The molecule has 0 bridgehead atoms. The van der Waals surface area contributed by atoms with Crippen LogP contribution in [0.25, 0.3) is 0 Å². The first-order valence-corrected chi connectivity index (χ1v) is 5.74. The molecule has 0 saturated heterocycles. The minimum atomic E-state index is 0. The van der Waals surface area contributed by atoms with E-state index in [4.69, 9.17) is 0 Å². The highest BCUT2D eigenvalue weighted by Crippen LogP contribution is 2.01. The molecule has 0 atom stereocenters. The van der Waals surface area contributed by atoms with Crippen molar-refractivity contribution in [3.63, 3.8) is 0 Å². The van der Waals surface area contributed by atoms with Gasteiger partial charge in [0, 0.05) is 39.1 Å². The summed E-state index contributed by atoms with van der Waals surface area (Å²) in [6.07, 6.45) is 6.07. The van der Waals surface area contributed by atoms with Gasteiger partial charge in [-0.05, 0) is 24.5 Å². The molecule has 2 rings (SSSR count). The van der Waals surface area contributed by atoms with E-state index in [1.165, 1.54) is 18.4 Å². The maximum absolute atomic E-state index is 4.53.